The molecule has 0 aliphatic rings. The smallest absolute Gasteiger partial charge is 0.191 e. The number of aliphatic imine (C=N–C) groups is 1. The molecule has 1 aromatic rings. The molecule has 4 nitrogen and oxygen atoms in total. The molecule has 1 aromatic carbocycles. The summed E-state index contributed by atoms with van der Waals surface area (Å²) < 4.78 is 13.4. The Bertz CT molecular complexity index is 498. The lowest BCUT2D eigenvalue weighted by atomic mass is 10.2. The zero-order valence-electron chi connectivity index (χ0n) is 13.4. The normalized spacial score (nSPS) is 11.8. The van der Waals surface area contributed by atoms with E-state index in [1.807, 2.05) is 6.92 Å². The molecule has 0 radical (unpaired) electrons. The van der Waals surface area contributed by atoms with Gasteiger partial charge in [-0.3, -0.25) is 0 Å². The summed E-state index contributed by atoms with van der Waals surface area (Å²) in [6.07, 6.45) is 2.07. The zero-order valence-corrected chi connectivity index (χ0v) is 16.6. The van der Waals surface area contributed by atoms with E-state index in [4.69, 9.17) is 5.11 Å². The van der Waals surface area contributed by atoms with Crippen molar-refractivity contribution >= 4 is 41.7 Å². The largest absolute Gasteiger partial charge is 0.505 e. The molecule has 0 bridgehead atoms. The summed E-state index contributed by atoms with van der Waals surface area (Å²) in [5, 5.41) is 15.6. The number of halogens is 2. The molecule has 22 heavy (non-hydrogen) atoms. The van der Waals surface area contributed by atoms with Crippen LogP contribution in [0.4, 0.5) is 4.39 Å². The molecular weight excluding hydrogens is 416 g/mol. The van der Waals surface area contributed by atoms with Gasteiger partial charge in [-0.2, -0.15) is 11.8 Å². The molecule has 0 atom stereocenters. The van der Waals surface area contributed by atoms with Crippen LogP contribution in [-0.4, -0.2) is 35.2 Å². The molecule has 0 saturated heterocycles. The average molecular weight is 441 g/mol. The molecule has 3 N–H and O–H groups in total. The Labute approximate surface area is 153 Å². The van der Waals surface area contributed by atoms with E-state index < -0.39 is 5.82 Å². The van der Waals surface area contributed by atoms with Crippen LogP contribution in [0, 0.1) is 5.82 Å². The van der Waals surface area contributed by atoms with E-state index >= 15 is 0 Å². The van der Waals surface area contributed by atoms with Crippen molar-refractivity contribution in [2.24, 2.45) is 4.99 Å². The highest BCUT2D eigenvalue weighted by Gasteiger charge is 2.16. The van der Waals surface area contributed by atoms with E-state index in [2.05, 4.69) is 35.7 Å². The SMILES string of the molecule is CCNC(=NCc1ccc(O)c(F)c1)NCC(C)(C)SC.I. The summed E-state index contributed by atoms with van der Waals surface area (Å²) in [4.78, 5) is 4.43. The minimum atomic E-state index is -0.621. The van der Waals surface area contributed by atoms with Crippen LogP contribution < -0.4 is 10.6 Å². The molecule has 7 heteroatoms. The summed E-state index contributed by atoms with van der Waals surface area (Å²) in [5.74, 6) is -0.258. The van der Waals surface area contributed by atoms with Crippen LogP contribution in [0.15, 0.2) is 23.2 Å². The van der Waals surface area contributed by atoms with Crippen molar-refractivity contribution in [1.29, 1.82) is 0 Å². The quantitative estimate of drug-likeness (QED) is 0.360. The fourth-order valence-corrected chi connectivity index (χ4v) is 1.75. The van der Waals surface area contributed by atoms with Gasteiger partial charge in [0.25, 0.3) is 0 Å². The van der Waals surface area contributed by atoms with Crippen LogP contribution in [0.25, 0.3) is 0 Å². The molecule has 1 rings (SSSR count). The third kappa shape index (κ3) is 7.53. The number of aromatic hydroxyl groups is 1. The number of nitrogens with zero attached hydrogens (tertiary/aromatic N) is 1. The standard InChI is InChI=1S/C15H24FN3OS.HI/c1-5-17-14(19-10-15(2,3)21-4)18-9-11-6-7-13(20)12(16)8-11;/h6-8,20H,5,9-10H2,1-4H3,(H2,17,18,19);1H. The molecule has 0 saturated carbocycles. The number of hydrogen-bond acceptors (Lipinski definition) is 3. The van der Waals surface area contributed by atoms with Gasteiger partial charge in [0.2, 0.25) is 0 Å². The Hall–Kier alpha value is -0.700. The van der Waals surface area contributed by atoms with Crippen LogP contribution in [0.2, 0.25) is 0 Å². The molecular formula is C15H25FIN3OS. The third-order valence-electron chi connectivity index (χ3n) is 3.01. The van der Waals surface area contributed by atoms with Crippen LogP contribution in [0.1, 0.15) is 26.3 Å². The van der Waals surface area contributed by atoms with Crippen LogP contribution in [0.3, 0.4) is 0 Å². The highest BCUT2D eigenvalue weighted by atomic mass is 127. The Balaban J connectivity index is 0.00000441. The van der Waals surface area contributed by atoms with E-state index in [1.54, 1.807) is 17.8 Å². The van der Waals surface area contributed by atoms with Gasteiger partial charge < -0.3 is 15.7 Å². The number of rotatable bonds is 6. The number of nitrogens with one attached hydrogen (secondary N) is 2. The van der Waals surface area contributed by atoms with E-state index in [9.17, 15) is 4.39 Å². The summed E-state index contributed by atoms with van der Waals surface area (Å²) in [6, 6.07) is 4.31. The minimum Gasteiger partial charge on any atom is -0.505 e. The van der Waals surface area contributed by atoms with E-state index in [0.29, 0.717) is 18.1 Å². The van der Waals surface area contributed by atoms with Gasteiger partial charge in [0, 0.05) is 17.8 Å². The van der Waals surface area contributed by atoms with Crippen molar-refractivity contribution in [3.63, 3.8) is 0 Å². The third-order valence-corrected chi connectivity index (χ3v) is 4.26. The number of phenols is 1. The number of guanidine groups is 1. The van der Waals surface area contributed by atoms with Gasteiger partial charge in [0.1, 0.15) is 0 Å². The molecule has 0 heterocycles. The molecule has 0 spiro atoms. The first-order valence-electron chi connectivity index (χ1n) is 6.92. The van der Waals surface area contributed by atoms with Crippen molar-refractivity contribution in [3.8, 4) is 5.75 Å². The molecule has 0 aliphatic carbocycles. The zero-order chi connectivity index (χ0) is 15.9. The predicted octanol–water partition coefficient (Wildman–Crippen LogP) is 3.35. The lowest BCUT2D eigenvalue weighted by Crippen LogP contribution is -2.43. The van der Waals surface area contributed by atoms with E-state index in [-0.39, 0.29) is 34.5 Å². The molecule has 0 amide bonds. The van der Waals surface area contributed by atoms with Crippen molar-refractivity contribution in [2.75, 3.05) is 19.3 Å². The summed E-state index contributed by atoms with van der Waals surface area (Å²) >= 11 is 1.78. The second kappa shape index (κ2) is 10.1. The van der Waals surface area contributed by atoms with Crippen molar-refractivity contribution in [1.82, 2.24) is 10.6 Å². The Morgan fingerprint density at radius 1 is 1.36 bits per heavy atom. The summed E-state index contributed by atoms with van der Waals surface area (Å²) in [5.41, 5.74) is 0.714. The van der Waals surface area contributed by atoms with Crippen molar-refractivity contribution < 1.29 is 9.50 Å². The van der Waals surface area contributed by atoms with Crippen LogP contribution >= 0.6 is 35.7 Å². The summed E-state index contributed by atoms with van der Waals surface area (Å²) in [6.45, 7) is 8.20. The summed E-state index contributed by atoms with van der Waals surface area (Å²) in [7, 11) is 0. The Kier molecular flexibility index (Phi) is 9.82. The van der Waals surface area contributed by atoms with Gasteiger partial charge in [-0.1, -0.05) is 6.07 Å². The molecule has 0 aromatic heterocycles. The van der Waals surface area contributed by atoms with Gasteiger partial charge in [-0.15, -0.1) is 24.0 Å². The first-order chi connectivity index (χ1) is 9.88. The first kappa shape index (κ1) is 21.3. The molecule has 0 fully saturated rings. The van der Waals surface area contributed by atoms with Gasteiger partial charge in [-0.05, 0) is 44.7 Å². The fraction of sp³-hybridized carbons (Fsp3) is 0.533. The maximum Gasteiger partial charge on any atom is 0.191 e. The topological polar surface area (TPSA) is 56.7 Å². The monoisotopic (exact) mass is 441 g/mol. The Morgan fingerprint density at radius 3 is 2.59 bits per heavy atom. The van der Waals surface area contributed by atoms with Gasteiger partial charge >= 0.3 is 0 Å². The van der Waals surface area contributed by atoms with Crippen molar-refractivity contribution in [2.45, 2.75) is 32.1 Å². The predicted molar refractivity (Wildman–Crippen MR) is 104 cm³/mol. The van der Waals surface area contributed by atoms with Gasteiger partial charge in [0.05, 0.1) is 6.54 Å². The van der Waals surface area contributed by atoms with Gasteiger partial charge in [-0.25, -0.2) is 9.38 Å². The molecule has 0 aliphatic heterocycles. The molecule has 0 unspecified atom stereocenters. The number of hydrogen-bond donors (Lipinski definition) is 3. The number of benzene rings is 1. The van der Waals surface area contributed by atoms with Crippen molar-refractivity contribution in [3.05, 3.63) is 29.6 Å². The highest BCUT2D eigenvalue weighted by molar-refractivity contribution is 14.0. The second-order valence-electron chi connectivity index (χ2n) is 5.30. The maximum atomic E-state index is 13.3. The Morgan fingerprint density at radius 2 is 2.05 bits per heavy atom. The van der Waals surface area contributed by atoms with Crippen LogP contribution in [-0.2, 0) is 6.54 Å². The van der Waals surface area contributed by atoms with E-state index in [0.717, 1.165) is 13.1 Å². The lowest BCUT2D eigenvalue weighted by Gasteiger charge is -2.23. The second-order valence-corrected chi connectivity index (χ2v) is 6.81. The van der Waals surface area contributed by atoms with E-state index in [1.165, 1.54) is 12.1 Å². The van der Waals surface area contributed by atoms with Crippen LogP contribution in [0.5, 0.6) is 5.75 Å². The first-order valence-corrected chi connectivity index (χ1v) is 8.15. The lowest BCUT2D eigenvalue weighted by molar-refractivity contribution is 0.432. The average Bonchev–Trinajstić information content (AvgIpc) is 2.45. The number of thioether (sulfide) groups is 1. The highest BCUT2D eigenvalue weighted by Crippen LogP contribution is 2.19. The fourth-order valence-electron chi connectivity index (χ4n) is 1.53. The minimum absolute atomic E-state index is 0. The number of phenolic OH excluding ortho intramolecular Hbond substituents is 1. The molecule has 126 valence electrons. The van der Waals surface area contributed by atoms with Gasteiger partial charge in [0.15, 0.2) is 17.5 Å². The maximum absolute atomic E-state index is 13.3.